The molecule has 0 aliphatic heterocycles. The van der Waals surface area contributed by atoms with Crippen LogP contribution in [0.3, 0.4) is 0 Å². The molecule has 0 aromatic rings. The van der Waals surface area contributed by atoms with E-state index in [-0.39, 0.29) is 31.6 Å². The maximum absolute atomic E-state index is 11.8. The summed E-state index contributed by atoms with van der Waals surface area (Å²) in [5.41, 5.74) is 0. The van der Waals surface area contributed by atoms with Gasteiger partial charge in [-0.2, -0.15) is 0 Å². The van der Waals surface area contributed by atoms with Crippen LogP contribution in [0.5, 0.6) is 0 Å². The van der Waals surface area contributed by atoms with Crippen molar-refractivity contribution in [3.05, 3.63) is 12.2 Å². The third kappa shape index (κ3) is 23.0. The van der Waals surface area contributed by atoms with E-state index in [1.165, 1.54) is 25.7 Å². The predicted octanol–water partition coefficient (Wildman–Crippen LogP) is 5.77. The fourth-order valence-corrected chi connectivity index (χ4v) is 3.81. The SMILES string of the molecule is CCCCC/C=C\C[C@@H](O)[C@H](O)CCCCCCCC(=O)OC[C@@H](O)COC(=O)CCCCCCC. The molecule has 0 aromatic carbocycles. The van der Waals surface area contributed by atoms with Gasteiger partial charge in [0.25, 0.3) is 0 Å². The highest BCUT2D eigenvalue weighted by Crippen LogP contribution is 2.13. The molecule has 0 radical (unpaired) electrons. The van der Waals surface area contributed by atoms with Gasteiger partial charge in [0.15, 0.2) is 0 Å². The molecule has 0 aromatic heterocycles. The van der Waals surface area contributed by atoms with Crippen molar-refractivity contribution in [3.8, 4) is 0 Å². The Morgan fingerprint density at radius 1 is 0.639 bits per heavy atom. The number of rotatable bonds is 25. The Hall–Kier alpha value is -1.44. The van der Waals surface area contributed by atoms with Gasteiger partial charge in [-0.3, -0.25) is 9.59 Å². The summed E-state index contributed by atoms with van der Waals surface area (Å²) < 4.78 is 10.1. The fourth-order valence-electron chi connectivity index (χ4n) is 3.81. The average Bonchev–Trinajstić information content (AvgIpc) is 2.87. The summed E-state index contributed by atoms with van der Waals surface area (Å²) in [5, 5.41) is 30.0. The first kappa shape index (κ1) is 34.6. The van der Waals surface area contributed by atoms with Crippen LogP contribution < -0.4 is 0 Å². The van der Waals surface area contributed by atoms with E-state index in [2.05, 4.69) is 19.9 Å². The molecular formula is C29H54O7. The highest BCUT2D eigenvalue weighted by Gasteiger charge is 2.14. The number of allylic oxidation sites excluding steroid dienone is 1. The van der Waals surface area contributed by atoms with Gasteiger partial charge >= 0.3 is 11.9 Å². The molecule has 212 valence electrons. The zero-order chi connectivity index (χ0) is 26.9. The third-order valence-electron chi connectivity index (χ3n) is 6.20. The summed E-state index contributed by atoms with van der Waals surface area (Å²) >= 11 is 0. The van der Waals surface area contributed by atoms with Crippen molar-refractivity contribution in [2.75, 3.05) is 13.2 Å². The Labute approximate surface area is 219 Å². The van der Waals surface area contributed by atoms with E-state index in [4.69, 9.17) is 9.47 Å². The molecule has 3 atom stereocenters. The first-order valence-corrected chi connectivity index (χ1v) is 14.4. The molecule has 0 bridgehead atoms. The van der Waals surface area contributed by atoms with Crippen molar-refractivity contribution >= 4 is 11.9 Å². The van der Waals surface area contributed by atoms with Crippen LogP contribution in [0, 0.1) is 0 Å². The smallest absolute Gasteiger partial charge is 0.305 e. The standard InChI is InChI=1S/C29H54O7/c1-3-5-7-9-12-15-19-26(31)27(32)20-16-13-10-14-18-22-29(34)36-24-25(30)23-35-28(33)21-17-11-8-6-4-2/h12,15,25-27,30-32H,3-11,13-14,16-24H2,1-2H3/b15-12-/t25-,26+,27+/m0/s1. The number of hydrogen-bond acceptors (Lipinski definition) is 7. The summed E-state index contributed by atoms with van der Waals surface area (Å²) in [6.45, 7) is 3.99. The fraction of sp³-hybridized carbons (Fsp3) is 0.862. The first-order valence-electron chi connectivity index (χ1n) is 14.4. The van der Waals surface area contributed by atoms with Crippen molar-refractivity contribution in [3.63, 3.8) is 0 Å². The Bertz CT molecular complexity index is 550. The lowest BCUT2D eigenvalue weighted by Gasteiger charge is -2.16. The predicted molar refractivity (Wildman–Crippen MR) is 144 cm³/mol. The third-order valence-corrected chi connectivity index (χ3v) is 6.20. The molecular weight excluding hydrogens is 460 g/mol. The molecule has 0 spiro atoms. The van der Waals surface area contributed by atoms with E-state index >= 15 is 0 Å². The molecule has 0 aliphatic rings. The largest absolute Gasteiger partial charge is 0.463 e. The van der Waals surface area contributed by atoms with Gasteiger partial charge in [-0.1, -0.05) is 90.2 Å². The van der Waals surface area contributed by atoms with Crippen LogP contribution in [0.1, 0.15) is 129 Å². The summed E-state index contributed by atoms with van der Waals surface area (Å²) in [5.74, 6) is -0.689. The second kappa shape index (κ2) is 25.2. The lowest BCUT2D eigenvalue weighted by Crippen LogP contribution is -2.25. The van der Waals surface area contributed by atoms with E-state index in [0.29, 0.717) is 25.7 Å². The quantitative estimate of drug-likeness (QED) is 0.0804. The Morgan fingerprint density at radius 3 is 1.72 bits per heavy atom. The topological polar surface area (TPSA) is 113 Å². The van der Waals surface area contributed by atoms with Gasteiger partial charge in [-0.25, -0.2) is 0 Å². The number of esters is 2. The normalized spacial score (nSPS) is 14.0. The molecule has 36 heavy (non-hydrogen) atoms. The zero-order valence-corrected chi connectivity index (χ0v) is 23.0. The zero-order valence-electron chi connectivity index (χ0n) is 23.0. The van der Waals surface area contributed by atoms with Crippen molar-refractivity contribution in [1.82, 2.24) is 0 Å². The molecule has 0 rings (SSSR count). The van der Waals surface area contributed by atoms with Crippen molar-refractivity contribution in [2.45, 2.75) is 148 Å². The Kier molecular flexibility index (Phi) is 24.2. The molecule has 0 saturated carbocycles. The monoisotopic (exact) mass is 514 g/mol. The van der Waals surface area contributed by atoms with E-state index in [9.17, 15) is 24.9 Å². The molecule has 0 heterocycles. The first-order chi connectivity index (χ1) is 17.4. The van der Waals surface area contributed by atoms with E-state index in [0.717, 1.165) is 57.8 Å². The van der Waals surface area contributed by atoms with Crippen LogP contribution >= 0.6 is 0 Å². The van der Waals surface area contributed by atoms with E-state index < -0.39 is 18.3 Å². The molecule has 3 N–H and O–H groups in total. The number of aliphatic hydroxyl groups excluding tert-OH is 3. The van der Waals surface area contributed by atoms with Gasteiger partial charge in [0.05, 0.1) is 12.2 Å². The minimum atomic E-state index is -1.00. The maximum Gasteiger partial charge on any atom is 0.305 e. The number of ether oxygens (including phenoxy) is 2. The molecule has 0 unspecified atom stereocenters. The van der Waals surface area contributed by atoms with Crippen LogP contribution in [0.15, 0.2) is 12.2 Å². The highest BCUT2D eigenvalue weighted by atomic mass is 16.6. The summed E-state index contributed by atoms with van der Waals surface area (Å²) in [4.78, 5) is 23.5. The second-order valence-corrected chi connectivity index (χ2v) is 9.83. The van der Waals surface area contributed by atoms with Gasteiger partial charge in [-0.05, 0) is 38.5 Å². The van der Waals surface area contributed by atoms with Gasteiger partial charge < -0.3 is 24.8 Å². The van der Waals surface area contributed by atoms with E-state index in [1.807, 2.05) is 6.08 Å². The minimum absolute atomic E-state index is 0.156. The second-order valence-electron chi connectivity index (χ2n) is 9.83. The summed E-state index contributed by atoms with van der Waals surface area (Å²) in [6, 6.07) is 0. The van der Waals surface area contributed by atoms with Gasteiger partial charge in [0.2, 0.25) is 0 Å². The number of aliphatic hydroxyl groups is 3. The average molecular weight is 515 g/mol. The van der Waals surface area contributed by atoms with Crippen LogP contribution in [0.4, 0.5) is 0 Å². The van der Waals surface area contributed by atoms with Crippen molar-refractivity contribution in [2.24, 2.45) is 0 Å². The van der Waals surface area contributed by atoms with E-state index in [1.54, 1.807) is 0 Å². The molecule has 7 heteroatoms. The van der Waals surface area contributed by atoms with Crippen molar-refractivity contribution in [1.29, 1.82) is 0 Å². The molecule has 0 fully saturated rings. The number of carbonyl (C=O) groups excluding carboxylic acids is 2. The molecule has 0 amide bonds. The molecule has 7 nitrogen and oxygen atoms in total. The summed E-state index contributed by atoms with van der Waals surface area (Å²) in [6.07, 6.45) is 17.5. The Morgan fingerprint density at radius 2 is 1.14 bits per heavy atom. The molecule has 0 saturated heterocycles. The molecule has 0 aliphatic carbocycles. The highest BCUT2D eigenvalue weighted by molar-refractivity contribution is 5.69. The number of unbranched alkanes of at least 4 members (excludes halogenated alkanes) is 11. The number of hydrogen-bond donors (Lipinski definition) is 3. The lowest BCUT2D eigenvalue weighted by molar-refractivity contribution is -0.152. The number of carbonyl (C=O) groups is 2. The van der Waals surface area contributed by atoms with Gasteiger partial charge in [-0.15, -0.1) is 0 Å². The lowest BCUT2D eigenvalue weighted by atomic mass is 10.0. The van der Waals surface area contributed by atoms with Crippen LogP contribution in [-0.2, 0) is 19.1 Å². The van der Waals surface area contributed by atoms with Crippen LogP contribution in [-0.4, -0.2) is 58.8 Å². The van der Waals surface area contributed by atoms with Gasteiger partial charge in [0.1, 0.15) is 19.3 Å². The minimum Gasteiger partial charge on any atom is -0.463 e. The van der Waals surface area contributed by atoms with Crippen LogP contribution in [0.2, 0.25) is 0 Å². The summed E-state index contributed by atoms with van der Waals surface area (Å²) in [7, 11) is 0. The maximum atomic E-state index is 11.8. The Balaban J connectivity index is 3.62. The van der Waals surface area contributed by atoms with Gasteiger partial charge in [0, 0.05) is 12.8 Å². The van der Waals surface area contributed by atoms with Crippen molar-refractivity contribution < 1.29 is 34.4 Å². The van der Waals surface area contributed by atoms with Crippen LogP contribution in [0.25, 0.3) is 0 Å².